The Morgan fingerprint density at radius 3 is 2.07 bits per heavy atom. The van der Waals surface area contributed by atoms with E-state index in [9.17, 15) is 0 Å². The molecule has 0 spiro atoms. The van der Waals surface area contributed by atoms with E-state index >= 15 is 0 Å². The minimum atomic E-state index is -0.576. The number of hydrogen-bond donors (Lipinski definition) is 0. The summed E-state index contributed by atoms with van der Waals surface area (Å²) in [6.07, 6.45) is 5.25. The predicted octanol–water partition coefficient (Wildman–Crippen LogP) is 12.3. The number of hydrogen-bond acceptors (Lipinski definition) is 3. The van der Waals surface area contributed by atoms with Gasteiger partial charge in [0.25, 0.3) is 6.33 Å². The van der Waals surface area contributed by atoms with Gasteiger partial charge in [-0.3, -0.25) is 4.57 Å². The SMILES string of the molecule is [2H]c1c([2H])c([2H])c(-c2cccc(-c3c([2H])c([2H])c([2H])c([2H])c3[2H])c2-[n+]2[c-]n(-c3[c-]c(Oc4[c-]c5c(cc4)c4cccc6c4n5-c4nccc(C(C)(C)C)c4OB6c4c(C)cccc4C)ccc3)c3ccccc32)c([2H])c1[2H].[Pt]. The standard InChI is InChI=1S/C60H45BN4O2.Pt/c1-39-18-14-19-40(2)55(39)61-51-29-17-28-49-48-33-32-45(37-54(48)65(57(49)51)59-58(67-61)50(34-35-62-59)60(3,4)5)66-44-25-15-24-43(36-44)63-38-64(53-31-13-12-30-52(53)63)56-46(41-20-8-6-9-21-41)26-16-27-47(56)42-22-10-7-11-23-42;/h6-35H,1-5H3;/q-2;/i6D,7D,8D,9D,10D,11D,20D,21D,22D,23D;. The van der Waals surface area contributed by atoms with Crippen LogP contribution in [0.25, 0.3) is 72.3 Å². The maximum absolute atomic E-state index is 9.05. The van der Waals surface area contributed by atoms with E-state index < -0.39 is 67.3 Å². The molecule has 1 aliphatic rings. The molecule has 1 aliphatic heterocycles. The van der Waals surface area contributed by atoms with Gasteiger partial charge in [-0.05, 0) is 69.6 Å². The topological polar surface area (TPSA) is 45.1 Å². The number of nitrogens with zero attached hydrogens (tertiary/aromatic N) is 4. The molecule has 6 nitrogen and oxygen atoms in total. The summed E-state index contributed by atoms with van der Waals surface area (Å²) in [5, 5.41) is 1.96. The molecule has 11 aromatic rings. The maximum Gasteiger partial charge on any atom is 0.429 e. The number of aryl methyl sites for hydroxylation is 2. The minimum absolute atomic E-state index is 0. The van der Waals surface area contributed by atoms with Gasteiger partial charge in [-0.15, -0.1) is 29.7 Å². The van der Waals surface area contributed by atoms with Crippen LogP contribution in [0.15, 0.2) is 182 Å². The quantitative estimate of drug-likeness (QED) is 0.0908. The van der Waals surface area contributed by atoms with Crippen LogP contribution < -0.4 is 24.9 Å². The van der Waals surface area contributed by atoms with Crippen LogP contribution in [0, 0.1) is 32.3 Å². The van der Waals surface area contributed by atoms with E-state index in [1.165, 1.54) is 0 Å². The van der Waals surface area contributed by atoms with Gasteiger partial charge in [0.1, 0.15) is 5.75 Å². The number of imidazole rings is 1. The second-order valence-corrected chi connectivity index (χ2v) is 17.7. The summed E-state index contributed by atoms with van der Waals surface area (Å²) in [6.45, 7) is 10.3. The Hall–Kier alpha value is -7.47. The van der Waals surface area contributed by atoms with Crippen LogP contribution in [-0.4, -0.2) is 21.0 Å². The van der Waals surface area contributed by atoms with E-state index in [4.69, 9.17) is 28.1 Å². The Bertz CT molecular complexity index is 4180. The summed E-state index contributed by atoms with van der Waals surface area (Å²) in [7, 11) is 0. The van der Waals surface area contributed by atoms with E-state index in [0.29, 0.717) is 39.8 Å². The number of ether oxygens (including phenoxy) is 1. The first-order valence-electron chi connectivity index (χ1n) is 27.0. The second-order valence-electron chi connectivity index (χ2n) is 17.7. The van der Waals surface area contributed by atoms with Gasteiger partial charge in [0.15, 0.2) is 5.82 Å². The molecular weight excluding hydrogens is 1010 g/mol. The smallest absolute Gasteiger partial charge is 0.429 e. The summed E-state index contributed by atoms with van der Waals surface area (Å²) < 4.78 is 107. The molecule has 0 fully saturated rings. The van der Waals surface area contributed by atoms with Crippen molar-refractivity contribution in [1.29, 1.82) is 0 Å². The third kappa shape index (κ3) is 7.16. The Balaban J connectivity index is 0.00000645. The van der Waals surface area contributed by atoms with E-state index in [1.807, 2.05) is 54.7 Å². The summed E-state index contributed by atoms with van der Waals surface area (Å²) in [4.78, 5) is 5.04. The van der Waals surface area contributed by atoms with Gasteiger partial charge >= 0.3 is 6.92 Å². The van der Waals surface area contributed by atoms with Crippen LogP contribution in [0.3, 0.4) is 0 Å². The Morgan fingerprint density at radius 1 is 0.691 bits per heavy atom. The van der Waals surface area contributed by atoms with Crippen LogP contribution >= 0.6 is 0 Å². The molecule has 8 aromatic carbocycles. The number of rotatable bonds is 7. The largest absolute Gasteiger partial charge is 0.549 e. The van der Waals surface area contributed by atoms with E-state index in [-0.39, 0.29) is 54.4 Å². The number of benzene rings is 8. The number of para-hydroxylation sites is 4. The zero-order valence-electron chi connectivity index (χ0n) is 47.5. The first-order valence-corrected chi connectivity index (χ1v) is 22.0. The first-order chi connectivity index (χ1) is 36.8. The molecule has 0 aliphatic carbocycles. The summed E-state index contributed by atoms with van der Waals surface area (Å²) >= 11 is 0. The predicted molar refractivity (Wildman–Crippen MR) is 271 cm³/mol. The molecular formula is C60H45BN4O2Pt-2. The third-order valence-corrected chi connectivity index (χ3v) is 12.5. The van der Waals surface area contributed by atoms with Crippen molar-refractivity contribution in [3.8, 4) is 56.7 Å². The molecule has 332 valence electrons. The molecule has 12 rings (SSSR count). The third-order valence-electron chi connectivity index (χ3n) is 12.5. The normalized spacial score (nSPS) is 14.2. The van der Waals surface area contributed by atoms with Gasteiger partial charge in [-0.2, -0.15) is 18.2 Å². The van der Waals surface area contributed by atoms with Crippen molar-refractivity contribution < 1.29 is 48.7 Å². The monoisotopic (exact) mass is 1070 g/mol. The summed E-state index contributed by atoms with van der Waals surface area (Å²) in [6, 6.07) is 37.8. The van der Waals surface area contributed by atoms with Crippen molar-refractivity contribution in [2.45, 2.75) is 40.0 Å². The van der Waals surface area contributed by atoms with Crippen molar-refractivity contribution in [2.24, 2.45) is 0 Å². The Kier molecular flexibility index (Phi) is 8.27. The molecule has 0 saturated heterocycles. The van der Waals surface area contributed by atoms with Crippen LogP contribution in [0.1, 0.15) is 51.2 Å². The van der Waals surface area contributed by atoms with Crippen LogP contribution in [0.4, 0.5) is 0 Å². The average Bonchev–Trinajstić information content (AvgIpc) is 4.06. The molecule has 0 bridgehead atoms. The molecule has 0 N–H and O–H groups in total. The van der Waals surface area contributed by atoms with Gasteiger partial charge in [0.2, 0.25) is 0 Å². The summed E-state index contributed by atoms with van der Waals surface area (Å²) in [5.74, 6) is 2.08. The van der Waals surface area contributed by atoms with Gasteiger partial charge in [0.05, 0.1) is 30.4 Å². The zero-order chi connectivity index (χ0) is 54.1. The van der Waals surface area contributed by atoms with Crippen molar-refractivity contribution in [3.63, 3.8) is 0 Å². The van der Waals surface area contributed by atoms with Gasteiger partial charge < -0.3 is 18.5 Å². The zero-order valence-corrected chi connectivity index (χ0v) is 39.8. The summed E-state index contributed by atoms with van der Waals surface area (Å²) in [5.41, 5.74) is 8.52. The number of pyridine rings is 1. The van der Waals surface area contributed by atoms with Crippen LogP contribution in [0.2, 0.25) is 0 Å². The van der Waals surface area contributed by atoms with Gasteiger partial charge in [-0.25, -0.2) is 4.98 Å². The molecule has 4 heterocycles. The van der Waals surface area contributed by atoms with E-state index in [1.54, 1.807) is 39.5 Å². The van der Waals surface area contributed by atoms with Crippen molar-refractivity contribution in [1.82, 2.24) is 14.1 Å². The number of aromatic nitrogens is 4. The van der Waals surface area contributed by atoms with E-state index in [0.717, 1.165) is 49.4 Å². The molecule has 8 heteroatoms. The van der Waals surface area contributed by atoms with Crippen molar-refractivity contribution in [3.05, 3.63) is 217 Å². The van der Waals surface area contributed by atoms with Crippen molar-refractivity contribution in [2.75, 3.05) is 0 Å². The molecule has 3 aromatic heterocycles. The molecule has 0 amide bonds. The van der Waals surface area contributed by atoms with Gasteiger partial charge in [-0.1, -0.05) is 177 Å². The van der Waals surface area contributed by atoms with E-state index in [2.05, 4.69) is 94.0 Å². The van der Waals surface area contributed by atoms with Crippen molar-refractivity contribution >= 4 is 50.7 Å². The second kappa shape index (κ2) is 17.0. The Morgan fingerprint density at radius 2 is 1.35 bits per heavy atom. The maximum atomic E-state index is 9.05. The van der Waals surface area contributed by atoms with Crippen LogP contribution in [0.5, 0.6) is 17.2 Å². The fraction of sp³-hybridized carbons (Fsp3) is 0.100. The first kappa shape index (κ1) is 33.1. The van der Waals surface area contributed by atoms with Crippen LogP contribution in [-0.2, 0) is 26.5 Å². The fourth-order valence-electron chi connectivity index (χ4n) is 9.53. The molecule has 68 heavy (non-hydrogen) atoms. The molecule has 0 unspecified atom stereocenters. The molecule has 0 radical (unpaired) electrons. The van der Waals surface area contributed by atoms with Gasteiger partial charge in [0, 0.05) is 49.8 Å². The Labute approximate surface area is 425 Å². The fourth-order valence-corrected chi connectivity index (χ4v) is 9.53. The minimum Gasteiger partial charge on any atom is -0.549 e. The number of fused-ring (bicyclic) bond motifs is 6. The molecule has 0 atom stereocenters. The molecule has 0 saturated carbocycles. The average molecular weight is 1070 g/mol.